The van der Waals surface area contributed by atoms with Crippen LogP contribution in [0.15, 0.2) is 41.6 Å². The van der Waals surface area contributed by atoms with E-state index in [0.717, 1.165) is 10.9 Å². The third-order valence-electron chi connectivity index (χ3n) is 2.38. The monoisotopic (exact) mass is 197 g/mol. The Morgan fingerprint density at radius 3 is 2.93 bits per heavy atom. The average Bonchev–Trinajstić information content (AvgIpc) is 2.29. The molecule has 0 saturated carbocycles. The van der Waals surface area contributed by atoms with E-state index in [1.54, 1.807) is 12.3 Å². The van der Waals surface area contributed by atoms with Gasteiger partial charge in [-0.25, -0.2) is 4.98 Å². The molecule has 0 aliphatic carbocycles. The van der Waals surface area contributed by atoms with Gasteiger partial charge in [-0.2, -0.15) is 0 Å². The largest absolute Gasteiger partial charge is 0.313 e. The standard InChI is InChI=1S/C11H7N3O/c15-11-8-4-3-7-2-1-5-12-9(7)10(8)13-6-14-11/h1-6H,(H,13,14,15). The number of nitrogens with one attached hydrogen (secondary N) is 1. The van der Waals surface area contributed by atoms with Crippen molar-refractivity contribution in [1.29, 1.82) is 0 Å². The Bertz CT molecular complexity index is 703. The van der Waals surface area contributed by atoms with Crippen molar-refractivity contribution in [1.82, 2.24) is 15.0 Å². The van der Waals surface area contributed by atoms with Crippen LogP contribution in [0.3, 0.4) is 0 Å². The summed E-state index contributed by atoms with van der Waals surface area (Å²) in [5.74, 6) is 0. The fourth-order valence-corrected chi connectivity index (χ4v) is 1.68. The molecule has 0 atom stereocenters. The minimum absolute atomic E-state index is 0.132. The Labute approximate surface area is 84.6 Å². The Kier molecular flexibility index (Phi) is 1.56. The van der Waals surface area contributed by atoms with Crippen molar-refractivity contribution >= 4 is 21.8 Å². The quantitative estimate of drug-likeness (QED) is 0.555. The van der Waals surface area contributed by atoms with Crippen molar-refractivity contribution in [3.8, 4) is 0 Å². The maximum absolute atomic E-state index is 11.5. The van der Waals surface area contributed by atoms with Gasteiger partial charge < -0.3 is 4.98 Å². The van der Waals surface area contributed by atoms with Crippen LogP contribution in [0.2, 0.25) is 0 Å². The van der Waals surface area contributed by atoms with E-state index >= 15 is 0 Å². The Balaban J connectivity index is 2.67. The molecule has 0 unspecified atom stereocenters. The van der Waals surface area contributed by atoms with Crippen molar-refractivity contribution in [2.24, 2.45) is 0 Å². The van der Waals surface area contributed by atoms with Crippen LogP contribution in [-0.4, -0.2) is 15.0 Å². The zero-order valence-corrected chi connectivity index (χ0v) is 7.77. The molecule has 72 valence electrons. The van der Waals surface area contributed by atoms with E-state index in [0.29, 0.717) is 10.9 Å². The first-order chi connectivity index (χ1) is 7.36. The van der Waals surface area contributed by atoms with Crippen molar-refractivity contribution in [2.45, 2.75) is 0 Å². The fourth-order valence-electron chi connectivity index (χ4n) is 1.68. The number of fused-ring (bicyclic) bond motifs is 3. The number of pyridine rings is 1. The van der Waals surface area contributed by atoms with Crippen LogP contribution in [-0.2, 0) is 0 Å². The van der Waals surface area contributed by atoms with Gasteiger partial charge in [0.1, 0.15) is 5.52 Å². The molecule has 0 amide bonds. The number of hydrogen-bond donors (Lipinski definition) is 1. The molecular weight excluding hydrogens is 190 g/mol. The second-order valence-electron chi connectivity index (χ2n) is 3.27. The SMILES string of the molecule is O=c1[nH]cnc2c1ccc1cccnc12. The lowest BCUT2D eigenvalue weighted by atomic mass is 10.1. The summed E-state index contributed by atoms with van der Waals surface area (Å²) in [6, 6.07) is 7.46. The Morgan fingerprint density at radius 2 is 2.00 bits per heavy atom. The summed E-state index contributed by atoms with van der Waals surface area (Å²) in [4.78, 5) is 22.4. The minimum atomic E-state index is -0.132. The molecule has 4 nitrogen and oxygen atoms in total. The van der Waals surface area contributed by atoms with Gasteiger partial charge in [0.05, 0.1) is 17.2 Å². The molecule has 0 fully saturated rings. The van der Waals surface area contributed by atoms with Crippen molar-refractivity contribution in [3.05, 3.63) is 47.1 Å². The first-order valence-corrected chi connectivity index (χ1v) is 4.57. The number of nitrogens with zero attached hydrogens (tertiary/aromatic N) is 2. The van der Waals surface area contributed by atoms with Gasteiger partial charge in [-0.15, -0.1) is 0 Å². The zero-order chi connectivity index (χ0) is 10.3. The van der Waals surface area contributed by atoms with Crippen LogP contribution >= 0.6 is 0 Å². The van der Waals surface area contributed by atoms with Crippen LogP contribution in [0.4, 0.5) is 0 Å². The molecule has 0 saturated heterocycles. The van der Waals surface area contributed by atoms with Gasteiger partial charge in [-0.1, -0.05) is 12.1 Å². The molecule has 0 aliphatic heterocycles. The molecule has 3 aromatic rings. The van der Waals surface area contributed by atoms with Gasteiger partial charge in [0, 0.05) is 11.6 Å². The molecule has 1 N–H and O–H groups in total. The third-order valence-corrected chi connectivity index (χ3v) is 2.38. The molecule has 0 aliphatic rings. The maximum atomic E-state index is 11.5. The van der Waals surface area contributed by atoms with Crippen LogP contribution in [0.25, 0.3) is 21.8 Å². The molecule has 0 radical (unpaired) electrons. The van der Waals surface area contributed by atoms with Gasteiger partial charge in [-0.3, -0.25) is 9.78 Å². The molecule has 3 rings (SSSR count). The summed E-state index contributed by atoms with van der Waals surface area (Å²) in [5.41, 5.74) is 1.28. The van der Waals surface area contributed by atoms with E-state index in [1.807, 2.05) is 18.2 Å². The number of hydrogen-bond acceptors (Lipinski definition) is 3. The van der Waals surface area contributed by atoms with Crippen LogP contribution in [0, 0.1) is 0 Å². The number of benzene rings is 1. The molecule has 15 heavy (non-hydrogen) atoms. The topological polar surface area (TPSA) is 58.6 Å². The molecule has 2 heterocycles. The van der Waals surface area contributed by atoms with E-state index in [-0.39, 0.29) is 5.56 Å². The lowest BCUT2D eigenvalue weighted by Crippen LogP contribution is -2.06. The first kappa shape index (κ1) is 8.11. The smallest absolute Gasteiger partial charge is 0.258 e. The van der Waals surface area contributed by atoms with Crippen LogP contribution in [0.1, 0.15) is 0 Å². The number of aromatic amines is 1. The van der Waals surface area contributed by atoms with Crippen molar-refractivity contribution in [3.63, 3.8) is 0 Å². The third kappa shape index (κ3) is 1.11. The molecule has 0 spiro atoms. The maximum Gasteiger partial charge on any atom is 0.258 e. The van der Waals surface area contributed by atoms with Gasteiger partial charge in [0.25, 0.3) is 5.56 Å². The van der Waals surface area contributed by atoms with Crippen LogP contribution < -0.4 is 5.56 Å². The molecule has 0 bridgehead atoms. The fraction of sp³-hybridized carbons (Fsp3) is 0. The molecule has 2 aromatic heterocycles. The van der Waals surface area contributed by atoms with Gasteiger partial charge >= 0.3 is 0 Å². The van der Waals surface area contributed by atoms with Gasteiger partial charge in [0.2, 0.25) is 0 Å². The van der Waals surface area contributed by atoms with Crippen molar-refractivity contribution in [2.75, 3.05) is 0 Å². The highest BCUT2D eigenvalue weighted by Crippen LogP contribution is 2.18. The van der Waals surface area contributed by atoms with Gasteiger partial charge in [-0.05, 0) is 12.1 Å². The van der Waals surface area contributed by atoms with E-state index in [1.165, 1.54) is 6.33 Å². The molecule has 4 heteroatoms. The summed E-state index contributed by atoms with van der Waals surface area (Å²) < 4.78 is 0. The average molecular weight is 197 g/mol. The summed E-state index contributed by atoms with van der Waals surface area (Å²) in [5, 5.41) is 1.56. The first-order valence-electron chi connectivity index (χ1n) is 4.57. The summed E-state index contributed by atoms with van der Waals surface area (Å²) >= 11 is 0. The van der Waals surface area contributed by atoms with E-state index in [9.17, 15) is 4.79 Å². The normalized spacial score (nSPS) is 10.9. The van der Waals surface area contributed by atoms with E-state index in [2.05, 4.69) is 15.0 Å². The highest BCUT2D eigenvalue weighted by Gasteiger charge is 2.04. The summed E-state index contributed by atoms with van der Waals surface area (Å²) in [7, 11) is 0. The van der Waals surface area contributed by atoms with E-state index in [4.69, 9.17) is 0 Å². The highest BCUT2D eigenvalue weighted by atomic mass is 16.1. The molecular formula is C11H7N3O. The second kappa shape index (κ2) is 2.88. The van der Waals surface area contributed by atoms with Gasteiger partial charge in [0.15, 0.2) is 0 Å². The molecule has 1 aromatic carbocycles. The highest BCUT2D eigenvalue weighted by molar-refractivity contribution is 6.01. The zero-order valence-electron chi connectivity index (χ0n) is 7.77. The predicted octanol–water partition coefficient (Wildman–Crippen LogP) is 1.47. The number of rotatable bonds is 0. The Hall–Kier alpha value is -2.23. The van der Waals surface area contributed by atoms with Crippen molar-refractivity contribution < 1.29 is 0 Å². The lowest BCUT2D eigenvalue weighted by molar-refractivity contribution is 1.17. The minimum Gasteiger partial charge on any atom is -0.313 e. The second-order valence-corrected chi connectivity index (χ2v) is 3.27. The predicted molar refractivity (Wildman–Crippen MR) is 57.7 cm³/mol. The number of aromatic nitrogens is 3. The summed E-state index contributed by atoms with van der Waals surface area (Å²) in [6.07, 6.45) is 3.10. The Morgan fingerprint density at radius 1 is 1.07 bits per heavy atom. The number of H-pyrrole nitrogens is 1. The lowest BCUT2D eigenvalue weighted by Gasteiger charge is -1.99. The summed E-state index contributed by atoms with van der Waals surface area (Å²) in [6.45, 7) is 0. The van der Waals surface area contributed by atoms with E-state index < -0.39 is 0 Å². The van der Waals surface area contributed by atoms with Crippen LogP contribution in [0.5, 0.6) is 0 Å².